The molecule has 0 heterocycles. The molecule has 1 fully saturated rings. The average Bonchev–Trinajstić information content (AvgIpc) is 2.79. The molecule has 0 aliphatic heterocycles. The Bertz CT molecular complexity index is 389. The predicted molar refractivity (Wildman–Crippen MR) is 63.6 cm³/mol. The van der Waals surface area contributed by atoms with Gasteiger partial charge in [-0.05, 0) is 30.4 Å². The summed E-state index contributed by atoms with van der Waals surface area (Å²) < 4.78 is 0. The monoisotopic (exact) mass is 218 g/mol. The zero-order valence-electron chi connectivity index (χ0n) is 9.70. The molecule has 0 saturated heterocycles. The number of aryl methyl sites for hydroxylation is 1. The molecule has 1 saturated carbocycles. The van der Waals surface area contributed by atoms with Crippen LogP contribution in [0.25, 0.3) is 0 Å². The highest BCUT2D eigenvalue weighted by molar-refractivity contribution is 5.82. The molecule has 0 bridgehead atoms. The number of rotatable bonds is 3. The zero-order chi connectivity index (χ0) is 11.6. The largest absolute Gasteiger partial charge is 0.481 e. The smallest absolute Gasteiger partial charge is 0.314 e. The molecule has 1 aromatic carbocycles. The summed E-state index contributed by atoms with van der Waals surface area (Å²) in [6.07, 6.45) is 4.55. The van der Waals surface area contributed by atoms with E-state index in [0.29, 0.717) is 0 Å². The highest BCUT2D eigenvalue weighted by Crippen LogP contribution is 2.42. The second-order valence-electron chi connectivity index (χ2n) is 4.61. The molecule has 1 aliphatic rings. The third-order valence-corrected chi connectivity index (χ3v) is 3.78. The lowest BCUT2D eigenvalue weighted by Gasteiger charge is -2.26. The van der Waals surface area contributed by atoms with Crippen LogP contribution in [0.15, 0.2) is 24.3 Å². The Morgan fingerprint density at radius 2 is 1.94 bits per heavy atom. The Labute approximate surface area is 96.3 Å². The van der Waals surface area contributed by atoms with E-state index in [0.717, 1.165) is 37.7 Å². The maximum Gasteiger partial charge on any atom is 0.314 e. The van der Waals surface area contributed by atoms with Gasteiger partial charge in [-0.15, -0.1) is 0 Å². The quantitative estimate of drug-likeness (QED) is 0.846. The third kappa shape index (κ3) is 1.62. The lowest BCUT2D eigenvalue weighted by molar-refractivity contribution is -0.143. The summed E-state index contributed by atoms with van der Waals surface area (Å²) in [6.45, 7) is 2.09. The summed E-state index contributed by atoms with van der Waals surface area (Å²) in [5.41, 5.74) is 1.63. The lowest BCUT2D eigenvalue weighted by atomic mass is 9.76. The van der Waals surface area contributed by atoms with Crippen LogP contribution in [0.5, 0.6) is 0 Å². The molecule has 2 nitrogen and oxygen atoms in total. The Morgan fingerprint density at radius 1 is 1.31 bits per heavy atom. The fraction of sp³-hybridized carbons (Fsp3) is 0.500. The van der Waals surface area contributed by atoms with Gasteiger partial charge in [-0.1, -0.05) is 44.0 Å². The molecular formula is C14H18O2. The molecule has 86 valence electrons. The predicted octanol–water partition coefficient (Wildman–Crippen LogP) is 3.15. The molecule has 2 rings (SSSR count). The number of carboxylic acids is 1. The van der Waals surface area contributed by atoms with Crippen LogP contribution >= 0.6 is 0 Å². The van der Waals surface area contributed by atoms with Crippen LogP contribution in [0.1, 0.15) is 43.7 Å². The topological polar surface area (TPSA) is 37.3 Å². The van der Waals surface area contributed by atoms with E-state index in [1.54, 1.807) is 0 Å². The highest BCUT2D eigenvalue weighted by Gasteiger charge is 2.43. The Kier molecular flexibility index (Phi) is 2.99. The van der Waals surface area contributed by atoms with E-state index in [4.69, 9.17) is 0 Å². The second kappa shape index (κ2) is 4.28. The van der Waals surface area contributed by atoms with Gasteiger partial charge < -0.3 is 5.11 Å². The van der Waals surface area contributed by atoms with Crippen molar-refractivity contribution in [1.82, 2.24) is 0 Å². The van der Waals surface area contributed by atoms with Gasteiger partial charge in [0.2, 0.25) is 0 Å². The van der Waals surface area contributed by atoms with E-state index in [2.05, 4.69) is 13.0 Å². The molecule has 0 unspecified atom stereocenters. The van der Waals surface area contributed by atoms with Gasteiger partial charge in [0, 0.05) is 0 Å². The van der Waals surface area contributed by atoms with Crippen molar-refractivity contribution in [1.29, 1.82) is 0 Å². The van der Waals surface area contributed by atoms with Crippen molar-refractivity contribution >= 4 is 5.97 Å². The molecular weight excluding hydrogens is 200 g/mol. The molecule has 0 spiro atoms. The standard InChI is InChI=1S/C14H18O2/c1-2-11-7-3-4-8-12(11)14(13(15)16)9-5-6-10-14/h3-4,7-8H,2,5-6,9-10H2,1H3,(H,15,16). The molecule has 1 aromatic rings. The van der Waals surface area contributed by atoms with Crippen molar-refractivity contribution in [3.63, 3.8) is 0 Å². The van der Waals surface area contributed by atoms with E-state index < -0.39 is 11.4 Å². The van der Waals surface area contributed by atoms with E-state index in [1.807, 2.05) is 18.2 Å². The fourth-order valence-corrected chi connectivity index (χ4v) is 2.87. The normalized spacial score (nSPS) is 18.6. The molecule has 1 aliphatic carbocycles. The van der Waals surface area contributed by atoms with Gasteiger partial charge in [0.1, 0.15) is 0 Å². The van der Waals surface area contributed by atoms with Gasteiger partial charge in [0.05, 0.1) is 5.41 Å². The third-order valence-electron chi connectivity index (χ3n) is 3.78. The minimum absolute atomic E-state index is 0.605. The first-order chi connectivity index (χ1) is 7.70. The fourth-order valence-electron chi connectivity index (χ4n) is 2.87. The minimum Gasteiger partial charge on any atom is -0.481 e. The summed E-state index contributed by atoms with van der Waals surface area (Å²) in [5.74, 6) is -0.647. The first kappa shape index (κ1) is 11.2. The SMILES string of the molecule is CCc1ccccc1C1(C(=O)O)CCCC1. The van der Waals surface area contributed by atoms with E-state index in [1.165, 1.54) is 5.56 Å². The molecule has 16 heavy (non-hydrogen) atoms. The van der Waals surface area contributed by atoms with Crippen molar-refractivity contribution in [2.45, 2.75) is 44.4 Å². The highest BCUT2D eigenvalue weighted by atomic mass is 16.4. The number of carbonyl (C=O) groups is 1. The van der Waals surface area contributed by atoms with Gasteiger partial charge in [-0.3, -0.25) is 4.79 Å². The second-order valence-corrected chi connectivity index (χ2v) is 4.61. The van der Waals surface area contributed by atoms with Crippen LogP contribution in [0, 0.1) is 0 Å². The number of aliphatic carboxylic acids is 1. The van der Waals surface area contributed by atoms with Crippen LogP contribution < -0.4 is 0 Å². The van der Waals surface area contributed by atoms with Crippen LogP contribution in [-0.2, 0) is 16.6 Å². The van der Waals surface area contributed by atoms with Gasteiger partial charge in [-0.25, -0.2) is 0 Å². The first-order valence-corrected chi connectivity index (χ1v) is 6.02. The van der Waals surface area contributed by atoms with Crippen LogP contribution in [0.4, 0.5) is 0 Å². The summed E-state index contributed by atoms with van der Waals surface area (Å²) in [4.78, 5) is 11.6. The van der Waals surface area contributed by atoms with Crippen LogP contribution in [0.2, 0.25) is 0 Å². The average molecular weight is 218 g/mol. The van der Waals surface area contributed by atoms with Crippen molar-refractivity contribution in [3.05, 3.63) is 35.4 Å². The summed E-state index contributed by atoms with van der Waals surface area (Å²) in [6, 6.07) is 8.00. The number of hydrogen-bond acceptors (Lipinski definition) is 1. The lowest BCUT2D eigenvalue weighted by Crippen LogP contribution is -2.33. The summed E-state index contributed by atoms with van der Waals surface area (Å²) in [5, 5.41) is 9.54. The van der Waals surface area contributed by atoms with E-state index >= 15 is 0 Å². The Balaban J connectivity index is 2.51. The van der Waals surface area contributed by atoms with Crippen molar-refractivity contribution in [3.8, 4) is 0 Å². The van der Waals surface area contributed by atoms with Crippen molar-refractivity contribution in [2.24, 2.45) is 0 Å². The number of benzene rings is 1. The molecule has 1 N–H and O–H groups in total. The van der Waals surface area contributed by atoms with E-state index in [9.17, 15) is 9.90 Å². The first-order valence-electron chi connectivity index (χ1n) is 6.02. The minimum atomic E-state index is -0.647. The van der Waals surface area contributed by atoms with Gasteiger partial charge >= 0.3 is 5.97 Å². The van der Waals surface area contributed by atoms with Crippen molar-refractivity contribution in [2.75, 3.05) is 0 Å². The molecule has 0 radical (unpaired) electrons. The Morgan fingerprint density at radius 3 is 2.50 bits per heavy atom. The zero-order valence-corrected chi connectivity index (χ0v) is 9.70. The molecule has 0 atom stereocenters. The van der Waals surface area contributed by atoms with Crippen LogP contribution in [-0.4, -0.2) is 11.1 Å². The maximum absolute atomic E-state index is 11.6. The summed E-state index contributed by atoms with van der Waals surface area (Å²) >= 11 is 0. The van der Waals surface area contributed by atoms with Crippen molar-refractivity contribution < 1.29 is 9.90 Å². The number of hydrogen-bond donors (Lipinski definition) is 1. The van der Waals surface area contributed by atoms with Gasteiger partial charge in [-0.2, -0.15) is 0 Å². The molecule has 2 heteroatoms. The van der Waals surface area contributed by atoms with Crippen LogP contribution in [0.3, 0.4) is 0 Å². The molecule has 0 amide bonds. The van der Waals surface area contributed by atoms with Gasteiger partial charge in [0.15, 0.2) is 0 Å². The number of carboxylic acid groups (broad SMARTS) is 1. The Hall–Kier alpha value is -1.31. The summed E-state index contributed by atoms with van der Waals surface area (Å²) in [7, 11) is 0. The van der Waals surface area contributed by atoms with Gasteiger partial charge in [0.25, 0.3) is 0 Å². The molecule has 0 aromatic heterocycles. The van der Waals surface area contributed by atoms with E-state index in [-0.39, 0.29) is 0 Å². The maximum atomic E-state index is 11.6.